The van der Waals surface area contributed by atoms with Crippen molar-refractivity contribution in [1.29, 1.82) is 0 Å². The lowest BCUT2D eigenvalue weighted by molar-refractivity contribution is -0.181. The molecule has 10 rings (SSSR count). The largest absolute Gasteiger partial charge is 0.506 e. The van der Waals surface area contributed by atoms with Gasteiger partial charge in [-0.1, -0.05) is 53.6 Å². The number of benzene rings is 2. The number of esters is 1. The summed E-state index contributed by atoms with van der Waals surface area (Å²) in [4.78, 5) is 42.8. The van der Waals surface area contributed by atoms with E-state index in [9.17, 15) is 14.7 Å². The van der Waals surface area contributed by atoms with Crippen molar-refractivity contribution in [2.75, 3.05) is 7.11 Å². The average molecular weight is 771 g/mol. The predicted octanol–water partition coefficient (Wildman–Crippen LogP) is 9.18. The van der Waals surface area contributed by atoms with Crippen LogP contribution in [0.1, 0.15) is 114 Å². The zero-order chi connectivity index (χ0) is 40.6. The quantitative estimate of drug-likeness (QED) is 0.159. The molecule has 4 aliphatic heterocycles. The van der Waals surface area contributed by atoms with Crippen LogP contribution in [-0.2, 0) is 30.2 Å². The molecule has 0 amide bonds. The lowest BCUT2D eigenvalue weighted by atomic mass is 9.45. The molecule has 2 aromatic rings. The molecule has 1 N–H and O–H groups in total. The van der Waals surface area contributed by atoms with Crippen LogP contribution >= 0.6 is 0 Å². The second-order valence-electron chi connectivity index (χ2n) is 18.0. The topological polar surface area (TPSA) is 118 Å². The highest BCUT2D eigenvalue weighted by molar-refractivity contribution is 6.22. The number of aromatic hydroxyl groups is 1. The van der Waals surface area contributed by atoms with Crippen LogP contribution in [0.3, 0.4) is 0 Å². The van der Waals surface area contributed by atoms with Crippen molar-refractivity contribution in [3.8, 4) is 17.2 Å². The number of ketones is 2. The third-order valence-electron chi connectivity index (χ3n) is 13.4. The molecule has 4 heterocycles. The molecule has 2 aromatic carbocycles. The highest BCUT2D eigenvalue weighted by atomic mass is 16.6. The molecule has 0 radical (unpaired) electrons. The summed E-state index contributed by atoms with van der Waals surface area (Å²) >= 11 is 0. The van der Waals surface area contributed by atoms with Crippen molar-refractivity contribution in [1.82, 2.24) is 0 Å². The molecule has 4 fully saturated rings. The van der Waals surface area contributed by atoms with Gasteiger partial charge >= 0.3 is 5.97 Å². The minimum Gasteiger partial charge on any atom is -0.506 e. The summed E-state index contributed by atoms with van der Waals surface area (Å²) in [7, 11) is 1.32. The van der Waals surface area contributed by atoms with Crippen molar-refractivity contribution >= 4 is 35.1 Å². The van der Waals surface area contributed by atoms with E-state index in [0.717, 1.165) is 12.0 Å². The summed E-state index contributed by atoms with van der Waals surface area (Å²) < 4.78 is 33.9. The maximum atomic E-state index is 15.5. The zero-order valence-corrected chi connectivity index (χ0v) is 34.2. The zero-order valence-electron chi connectivity index (χ0n) is 34.2. The van der Waals surface area contributed by atoms with Gasteiger partial charge in [-0.25, -0.2) is 4.79 Å². The SMILES string of the molecule is COC(=O)C(C)=CCC12OC(C)(C)C3CC(C1=O)C1C4=C(OC5=C1C32Oc1c(CC=C(C)C)c2c(c(O)c15)C=CC(C)(CCC=C(C)C)O2)c1ccccc1C4=O. The third-order valence-corrected chi connectivity index (χ3v) is 13.4. The molecule has 3 saturated carbocycles. The number of phenols is 1. The fourth-order valence-corrected chi connectivity index (χ4v) is 10.9. The Morgan fingerprint density at radius 1 is 0.947 bits per heavy atom. The Labute approximate surface area is 333 Å². The number of rotatable bonds is 8. The van der Waals surface area contributed by atoms with Crippen LogP contribution in [0.4, 0.5) is 0 Å². The Hall–Kier alpha value is -5.15. The molecule has 1 spiro atoms. The molecule has 6 unspecified atom stereocenters. The second kappa shape index (κ2) is 12.4. The molecule has 4 bridgehead atoms. The minimum absolute atomic E-state index is 0.0179. The van der Waals surface area contributed by atoms with Crippen molar-refractivity contribution in [2.24, 2.45) is 17.8 Å². The third kappa shape index (κ3) is 4.93. The lowest BCUT2D eigenvalue weighted by Crippen LogP contribution is -2.75. The Balaban J connectivity index is 1.35. The van der Waals surface area contributed by atoms with Crippen LogP contribution in [0.2, 0.25) is 0 Å². The molecule has 4 aliphatic carbocycles. The molecule has 0 aromatic heterocycles. The van der Waals surface area contributed by atoms with Gasteiger partial charge in [-0.05, 0) is 93.2 Å². The highest BCUT2D eigenvalue weighted by Crippen LogP contribution is 2.75. The summed E-state index contributed by atoms with van der Waals surface area (Å²) in [5, 5.41) is 12.6. The van der Waals surface area contributed by atoms with E-state index >= 15 is 4.79 Å². The molecule has 1 saturated heterocycles. The smallest absolute Gasteiger partial charge is 0.333 e. The van der Waals surface area contributed by atoms with Crippen molar-refractivity contribution in [3.63, 3.8) is 0 Å². The molecule has 57 heavy (non-hydrogen) atoms. The molecule has 8 aliphatic rings. The summed E-state index contributed by atoms with van der Waals surface area (Å²) in [5.41, 5.74) is 1.85. The van der Waals surface area contributed by atoms with Crippen LogP contribution in [0.15, 0.2) is 76.4 Å². The summed E-state index contributed by atoms with van der Waals surface area (Å²) in [6.07, 6.45) is 12.3. The van der Waals surface area contributed by atoms with Crippen LogP contribution in [-0.4, -0.2) is 52.2 Å². The van der Waals surface area contributed by atoms with Crippen LogP contribution in [0.25, 0.3) is 17.6 Å². The molecule has 296 valence electrons. The first-order valence-electron chi connectivity index (χ1n) is 20.1. The number of fused-ring (bicyclic) bond motifs is 5. The number of hydrogen-bond donors (Lipinski definition) is 1. The van der Waals surface area contributed by atoms with E-state index in [1.54, 1.807) is 19.1 Å². The first-order valence-corrected chi connectivity index (χ1v) is 20.1. The van der Waals surface area contributed by atoms with Gasteiger partial charge in [-0.3, -0.25) is 9.59 Å². The van der Waals surface area contributed by atoms with E-state index in [1.165, 1.54) is 12.7 Å². The Kier molecular flexibility index (Phi) is 8.16. The van der Waals surface area contributed by atoms with Gasteiger partial charge in [0.2, 0.25) is 0 Å². The highest BCUT2D eigenvalue weighted by Gasteiger charge is 2.84. The van der Waals surface area contributed by atoms with Crippen molar-refractivity contribution in [2.45, 2.75) is 110 Å². The Bertz CT molecular complexity index is 2410. The van der Waals surface area contributed by atoms with Crippen molar-refractivity contribution in [3.05, 3.63) is 104 Å². The van der Waals surface area contributed by atoms with E-state index in [1.807, 2.05) is 65.0 Å². The number of ether oxygens (including phenoxy) is 5. The number of carbonyl (C=O) groups excluding carboxylic acids is 3. The second-order valence-corrected chi connectivity index (χ2v) is 18.0. The van der Waals surface area contributed by atoms with Gasteiger partial charge in [0, 0.05) is 52.0 Å². The molecular formula is C48H50O9. The summed E-state index contributed by atoms with van der Waals surface area (Å²) in [5.74, 6) is -0.956. The Morgan fingerprint density at radius 3 is 2.37 bits per heavy atom. The average Bonchev–Trinajstić information content (AvgIpc) is 3.52. The van der Waals surface area contributed by atoms with Crippen LogP contribution < -0.4 is 9.47 Å². The first kappa shape index (κ1) is 37.4. The van der Waals surface area contributed by atoms with E-state index in [4.69, 9.17) is 23.7 Å². The number of carbonyl (C=O) groups is 3. The maximum Gasteiger partial charge on any atom is 0.333 e. The first-order chi connectivity index (χ1) is 27.0. The molecule has 9 heteroatoms. The predicted molar refractivity (Wildman–Crippen MR) is 215 cm³/mol. The monoisotopic (exact) mass is 770 g/mol. The number of hydrogen-bond acceptors (Lipinski definition) is 9. The van der Waals surface area contributed by atoms with Crippen molar-refractivity contribution < 1.29 is 43.2 Å². The van der Waals surface area contributed by atoms with E-state index in [-0.39, 0.29) is 29.7 Å². The van der Waals surface area contributed by atoms with Crippen LogP contribution in [0.5, 0.6) is 17.2 Å². The minimum atomic E-state index is -1.61. The van der Waals surface area contributed by atoms with E-state index in [0.29, 0.717) is 86.8 Å². The summed E-state index contributed by atoms with van der Waals surface area (Å²) in [6, 6.07) is 7.37. The molecule has 9 nitrogen and oxygen atoms in total. The molecular weight excluding hydrogens is 721 g/mol. The fraction of sp³-hybridized carbons (Fsp3) is 0.438. The standard InChI is InChI=1S/C48H50O9/c1-24(2)13-12-20-46(8)21-19-29-38(50)35-41(30(39(29)55-46)17-16-25(3)4)56-48-32-23-31(43(51)47(48,57-45(32,6)7)22-18-26(5)44(52)53-9)33-34-37(49)27-14-10-11-15-28(27)40(34)54-42(35)36(33)48/h10-11,13-16,18-19,21,31-33,50H,12,17,20,22-23H2,1-9H3. The number of methoxy groups -OCH3 is 1. The van der Waals surface area contributed by atoms with Gasteiger partial charge in [-0.15, -0.1) is 0 Å². The van der Waals surface area contributed by atoms with Gasteiger partial charge in [0.25, 0.3) is 0 Å². The number of Topliss-reactive ketones (excluding diaryl/α,β-unsaturated/α-hetero) is 2. The normalized spacial score (nSPS) is 30.3. The van der Waals surface area contributed by atoms with Gasteiger partial charge in [-0.2, -0.15) is 0 Å². The summed E-state index contributed by atoms with van der Waals surface area (Å²) in [6.45, 7) is 15.9. The van der Waals surface area contributed by atoms with Gasteiger partial charge < -0.3 is 28.8 Å². The molecule has 6 atom stereocenters. The number of phenolic OH excluding ortho intramolecular Hbond substituents is 1. The van der Waals surface area contributed by atoms with Gasteiger partial charge in [0.05, 0.1) is 23.8 Å². The van der Waals surface area contributed by atoms with Gasteiger partial charge in [0.15, 0.2) is 22.8 Å². The van der Waals surface area contributed by atoms with Crippen LogP contribution in [0, 0.1) is 17.8 Å². The maximum absolute atomic E-state index is 15.5. The van der Waals surface area contributed by atoms with E-state index in [2.05, 4.69) is 26.0 Å². The number of allylic oxidation sites excluding steroid dienone is 5. The fourth-order valence-electron chi connectivity index (χ4n) is 10.9. The van der Waals surface area contributed by atoms with E-state index < -0.39 is 40.2 Å². The Morgan fingerprint density at radius 2 is 1.67 bits per heavy atom. The van der Waals surface area contributed by atoms with Gasteiger partial charge in [0.1, 0.15) is 39.9 Å². The lowest BCUT2D eigenvalue weighted by Gasteiger charge is -2.62.